The minimum absolute atomic E-state index is 0.189. The molecule has 0 radical (unpaired) electrons. The van der Waals surface area contributed by atoms with Crippen molar-refractivity contribution in [3.05, 3.63) is 106 Å². The highest BCUT2D eigenvalue weighted by atomic mass is 14.7. The normalized spacial score (nSPS) is 12.8. The molecule has 0 bridgehead atoms. The molecule has 0 amide bonds. The molecule has 1 aromatic carbocycles. The van der Waals surface area contributed by atoms with Crippen molar-refractivity contribution in [1.82, 2.24) is 9.97 Å². The Kier molecular flexibility index (Phi) is 5.63. The summed E-state index contributed by atoms with van der Waals surface area (Å²) in [6.45, 7) is 0. The monoisotopic (exact) mass is 482 g/mol. The summed E-state index contributed by atoms with van der Waals surface area (Å²) in [4.78, 5) is 8.69. The number of hydrogen-bond acceptors (Lipinski definition) is 8. The van der Waals surface area contributed by atoms with Crippen LogP contribution in [0.1, 0.15) is 33.6 Å². The van der Waals surface area contributed by atoms with Crippen LogP contribution in [-0.4, -0.2) is 9.97 Å². The summed E-state index contributed by atoms with van der Waals surface area (Å²) >= 11 is 0. The van der Waals surface area contributed by atoms with Crippen LogP contribution in [0.2, 0.25) is 0 Å². The number of nitrogens with zero attached hydrogens (tertiary/aromatic N) is 8. The minimum Gasteiger partial charge on any atom is -0.256 e. The number of rotatable bonds is 2. The van der Waals surface area contributed by atoms with Gasteiger partial charge in [0, 0.05) is 45.8 Å². The first-order valence-corrected chi connectivity index (χ1v) is 11.0. The van der Waals surface area contributed by atoms with Gasteiger partial charge in [-0.1, -0.05) is 12.1 Å². The molecule has 2 aliphatic carbocycles. The molecule has 0 N–H and O–H groups in total. The molecule has 0 fully saturated rings. The summed E-state index contributed by atoms with van der Waals surface area (Å²) in [6.07, 6.45) is 3.08. The summed E-state index contributed by atoms with van der Waals surface area (Å²) in [7, 11) is 0. The summed E-state index contributed by atoms with van der Waals surface area (Å²) in [6, 6.07) is 25.5. The Morgan fingerprint density at radius 3 is 1.24 bits per heavy atom. The largest absolute Gasteiger partial charge is 0.256 e. The maximum absolute atomic E-state index is 10.2. The van der Waals surface area contributed by atoms with E-state index in [4.69, 9.17) is 0 Å². The van der Waals surface area contributed by atoms with Gasteiger partial charge in [0.25, 0.3) is 0 Å². The minimum atomic E-state index is -0.222. The van der Waals surface area contributed by atoms with Crippen molar-refractivity contribution >= 4 is 33.4 Å². The summed E-state index contributed by atoms with van der Waals surface area (Å²) in [5, 5.41) is 59.6. The van der Waals surface area contributed by atoms with Crippen LogP contribution < -0.4 is 0 Å². The van der Waals surface area contributed by atoms with E-state index in [1.54, 1.807) is 60.9 Å². The fraction of sp³-hybridized carbons (Fsp3) is 0. The molecule has 0 atom stereocenters. The van der Waals surface area contributed by atoms with Gasteiger partial charge in [-0.05, 0) is 47.5 Å². The van der Waals surface area contributed by atoms with Crippen molar-refractivity contribution in [2.45, 2.75) is 0 Å². The first-order chi connectivity index (χ1) is 18.6. The highest BCUT2D eigenvalue weighted by Gasteiger charge is 2.37. The van der Waals surface area contributed by atoms with E-state index >= 15 is 0 Å². The summed E-state index contributed by atoms with van der Waals surface area (Å²) in [5.74, 6) is 0. The molecule has 2 aliphatic rings. The third kappa shape index (κ3) is 3.26. The van der Waals surface area contributed by atoms with Crippen molar-refractivity contribution in [3.8, 4) is 36.4 Å². The van der Waals surface area contributed by atoms with E-state index in [0.717, 1.165) is 0 Å². The SMILES string of the molecule is N#CC(C#N)=C1C(c2ccccn2)=C(C#N)c2cc3c(cc21)C(=C(C#N)C#N)C(c1ccccn1)=C3C#N. The van der Waals surface area contributed by atoms with Gasteiger partial charge in [-0.15, -0.1) is 0 Å². The van der Waals surface area contributed by atoms with Gasteiger partial charge in [-0.2, -0.15) is 31.6 Å². The number of pyridine rings is 2. The zero-order chi connectivity index (χ0) is 26.8. The van der Waals surface area contributed by atoms with Crippen LogP contribution in [0.4, 0.5) is 0 Å². The molecule has 0 aliphatic heterocycles. The number of nitriles is 6. The molecular formula is C30H10N8. The van der Waals surface area contributed by atoms with Crippen molar-refractivity contribution in [2.75, 3.05) is 0 Å². The second-order valence-electron chi connectivity index (χ2n) is 8.04. The lowest BCUT2D eigenvalue weighted by Crippen LogP contribution is -1.96. The Balaban J connectivity index is 1.95. The van der Waals surface area contributed by atoms with Gasteiger partial charge in [-0.3, -0.25) is 9.97 Å². The summed E-state index contributed by atoms with van der Waals surface area (Å²) in [5.41, 5.74) is 3.44. The molecule has 170 valence electrons. The van der Waals surface area contributed by atoms with Gasteiger partial charge in [0.05, 0.1) is 22.5 Å². The van der Waals surface area contributed by atoms with Gasteiger partial charge in [0.2, 0.25) is 0 Å². The van der Waals surface area contributed by atoms with E-state index in [0.29, 0.717) is 44.8 Å². The third-order valence-corrected chi connectivity index (χ3v) is 6.25. The first kappa shape index (κ1) is 23.2. The lowest BCUT2D eigenvalue weighted by Gasteiger charge is -2.11. The number of allylic oxidation sites excluding steroid dienone is 8. The Morgan fingerprint density at radius 1 is 0.526 bits per heavy atom. The van der Waals surface area contributed by atoms with Crippen molar-refractivity contribution in [1.29, 1.82) is 31.6 Å². The highest BCUT2D eigenvalue weighted by molar-refractivity contribution is 6.29. The van der Waals surface area contributed by atoms with Gasteiger partial charge in [-0.25, -0.2) is 0 Å². The number of aromatic nitrogens is 2. The van der Waals surface area contributed by atoms with Crippen LogP contribution in [0.15, 0.2) is 72.1 Å². The third-order valence-electron chi connectivity index (χ3n) is 6.25. The topological polar surface area (TPSA) is 169 Å². The van der Waals surface area contributed by atoms with Crippen LogP contribution in [0.5, 0.6) is 0 Å². The van der Waals surface area contributed by atoms with Crippen LogP contribution in [0.3, 0.4) is 0 Å². The second-order valence-corrected chi connectivity index (χ2v) is 8.04. The Bertz CT molecular complexity index is 1780. The van der Waals surface area contributed by atoms with Crippen LogP contribution in [0.25, 0.3) is 33.4 Å². The van der Waals surface area contributed by atoms with E-state index in [1.807, 2.05) is 24.3 Å². The van der Waals surface area contributed by atoms with Gasteiger partial charge < -0.3 is 0 Å². The van der Waals surface area contributed by atoms with E-state index in [1.165, 1.54) is 0 Å². The molecule has 5 rings (SSSR count). The highest BCUT2D eigenvalue weighted by Crippen LogP contribution is 2.53. The molecule has 3 aromatic rings. The van der Waals surface area contributed by atoms with E-state index < -0.39 is 0 Å². The Morgan fingerprint density at radius 2 is 0.921 bits per heavy atom. The van der Waals surface area contributed by atoms with E-state index in [2.05, 4.69) is 22.1 Å². The average Bonchev–Trinajstić information content (AvgIpc) is 3.46. The molecular weight excluding hydrogens is 472 g/mol. The Labute approximate surface area is 217 Å². The van der Waals surface area contributed by atoms with E-state index in [9.17, 15) is 31.6 Å². The van der Waals surface area contributed by atoms with Gasteiger partial charge in [0.1, 0.15) is 47.6 Å². The lowest BCUT2D eigenvalue weighted by molar-refractivity contribution is 1.28. The quantitative estimate of drug-likeness (QED) is 0.461. The molecule has 0 unspecified atom stereocenters. The predicted octanol–water partition coefficient (Wildman–Crippen LogP) is 4.97. The maximum atomic E-state index is 10.2. The van der Waals surface area contributed by atoms with E-state index in [-0.39, 0.29) is 33.4 Å². The standard InChI is InChI=1S/C30H10N8/c31-11-17(12-32)27-21-10-22-20(9-19(21)23(15-35)29(27)25-5-1-3-7-37-25)24(16-36)30(26-6-2-4-8-38-26)28(22)18(13-33)14-34/h1-10H. The maximum Gasteiger partial charge on any atom is 0.138 e. The zero-order valence-electron chi connectivity index (χ0n) is 19.4. The van der Waals surface area contributed by atoms with Crippen LogP contribution in [-0.2, 0) is 0 Å². The predicted molar refractivity (Wildman–Crippen MR) is 136 cm³/mol. The molecule has 2 aromatic heterocycles. The number of fused-ring (bicyclic) bond motifs is 2. The molecule has 8 nitrogen and oxygen atoms in total. The Hall–Kier alpha value is -6.58. The molecule has 0 saturated carbocycles. The number of hydrogen-bond donors (Lipinski definition) is 0. The summed E-state index contributed by atoms with van der Waals surface area (Å²) < 4.78 is 0. The van der Waals surface area contributed by atoms with Gasteiger partial charge >= 0.3 is 0 Å². The molecule has 0 saturated heterocycles. The molecule has 2 heterocycles. The second kappa shape index (κ2) is 9.23. The first-order valence-electron chi connectivity index (χ1n) is 11.0. The van der Waals surface area contributed by atoms with Crippen molar-refractivity contribution in [2.24, 2.45) is 0 Å². The molecule has 38 heavy (non-hydrogen) atoms. The molecule has 0 spiro atoms. The number of benzene rings is 1. The zero-order valence-corrected chi connectivity index (χ0v) is 19.4. The van der Waals surface area contributed by atoms with Crippen molar-refractivity contribution < 1.29 is 0 Å². The van der Waals surface area contributed by atoms with Crippen LogP contribution in [0, 0.1) is 68.0 Å². The van der Waals surface area contributed by atoms with Gasteiger partial charge in [0.15, 0.2) is 0 Å². The van der Waals surface area contributed by atoms with Crippen LogP contribution >= 0.6 is 0 Å². The fourth-order valence-corrected chi connectivity index (χ4v) is 4.77. The van der Waals surface area contributed by atoms with Crippen molar-refractivity contribution in [3.63, 3.8) is 0 Å². The fourth-order valence-electron chi connectivity index (χ4n) is 4.77. The lowest BCUT2D eigenvalue weighted by atomic mass is 9.90. The average molecular weight is 482 g/mol. The molecule has 8 heteroatoms. The smallest absolute Gasteiger partial charge is 0.138 e.